The Balaban J connectivity index is 2.01. The zero-order chi connectivity index (χ0) is 15.4. The summed E-state index contributed by atoms with van der Waals surface area (Å²) in [5, 5.41) is 10.9. The molecule has 1 fully saturated rings. The minimum absolute atomic E-state index is 0.112. The van der Waals surface area contributed by atoms with Crippen molar-refractivity contribution in [1.82, 2.24) is 5.32 Å². The van der Waals surface area contributed by atoms with Gasteiger partial charge < -0.3 is 15.3 Å². The number of carbonyl (C=O) groups excluding carboxylic acids is 2. The molecule has 0 saturated carbocycles. The van der Waals surface area contributed by atoms with Crippen molar-refractivity contribution in [3.63, 3.8) is 0 Å². The van der Waals surface area contributed by atoms with E-state index in [1.165, 1.54) is 5.56 Å². The van der Waals surface area contributed by atoms with Gasteiger partial charge in [0.1, 0.15) is 6.54 Å². The predicted molar refractivity (Wildman–Crippen MR) is 76.9 cm³/mol. The summed E-state index contributed by atoms with van der Waals surface area (Å²) >= 11 is 0. The molecule has 0 radical (unpaired) electrons. The average molecular weight is 290 g/mol. The monoisotopic (exact) mass is 290 g/mol. The molecule has 0 aromatic heterocycles. The van der Waals surface area contributed by atoms with Crippen molar-refractivity contribution in [2.24, 2.45) is 5.92 Å². The Bertz CT molecular complexity index is 553. The minimum atomic E-state index is -1.10. The second-order valence-electron chi connectivity index (χ2n) is 5.04. The van der Waals surface area contributed by atoms with E-state index in [1.54, 1.807) is 4.90 Å². The summed E-state index contributed by atoms with van der Waals surface area (Å²) in [6.07, 6.45) is 1.04. The molecular formula is C15H18N2O4. The molecule has 1 aliphatic rings. The lowest BCUT2D eigenvalue weighted by Crippen LogP contribution is -2.36. The zero-order valence-electron chi connectivity index (χ0n) is 11.8. The van der Waals surface area contributed by atoms with E-state index in [-0.39, 0.29) is 18.9 Å². The molecule has 2 amide bonds. The zero-order valence-corrected chi connectivity index (χ0v) is 11.8. The molecule has 112 valence electrons. The van der Waals surface area contributed by atoms with Crippen molar-refractivity contribution < 1.29 is 19.5 Å². The van der Waals surface area contributed by atoms with Crippen molar-refractivity contribution >= 4 is 23.5 Å². The molecule has 6 heteroatoms. The van der Waals surface area contributed by atoms with Crippen LogP contribution in [0.5, 0.6) is 0 Å². The number of rotatable bonds is 5. The third-order valence-electron chi connectivity index (χ3n) is 3.57. The highest BCUT2D eigenvalue weighted by Crippen LogP contribution is 2.25. The second-order valence-corrected chi connectivity index (χ2v) is 5.04. The number of aliphatic carboxylic acids is 1. The number of carbonyl (C=O) groups is 3. The summed E-state index contributed by atoms with van der Waals surface area (Å²) in [5.41, 5.74) is 1.95. The number of hydrogen-bond acceptors (Lipinski definition) is 3. The molecule has 6 nitrogen and oxygen atoms in total. The van der Waals surface area contributed by atoms with Crippen LogP contribution in [0.2, 0.25) is 0 Å². The van der Waals surface area contributed by atoms with Crippen LogP contribution in [0.4, 0.5) is 5.69 Å². The first kappa shape index (κ1) is 15.0. The maximum absolute atomic E-state index is 12.0. The van der Waals surface area contributed by atoms with Gasteiger partial charge in [-0.05, 0) is 24.1 Å². The van der Waals surface area contributed by atoms with Gasteiger partial charge in [0.15, 0.2) is 0 Å². The van der Waals surface area contributed by atoms with Crippen LogP contribution in [-0.4, -0.2) is 36.0 Å². The van der Waals surface area contributed by atoms with Gasteiger partial charge in [-0.2, -0.15) is 0 Å². The maximum Gasteiger partial charge on any atom is 0.322 e. The van der Waals surface area contributed by atoms with Gasteiger partial charge in [0.05, 0.1) is 5.92 Å². The largest absolute Gasteiger partial charge is 0.480 e. The van der Waals surface area contributed by atoms with E-state index in [4.69, 9.17) is 5.11 Å². The van der Waals surface area contributed by atoms with Crippen molar-refractivity contribution in [3.05, 3.63) is 29.8 Å². The number of benzene rings is 1. The number of nitrogens with zero attached hydrogens (tertiary/aromatic N) is 1. The Labute approximate surface area is 122 Å². The van der Waals surface area contributed by atoms with Gasteiger partial charge in [-0.1, -0.05) is 19.1 Å². The number of carboxylic acid groups (broad SMARTS) is 1. The molecule has 1 aromatic rings. The molecular weight excluding hydrogens is 272 g/mol. The molecule has 0 unspecified atom stereocenters. The lowest BCUT2D eigenvalue weighted by Gasteiger charge is -2.17. The van der Waals surface area contributed by atoms with Crippen LogP contribution in [0, 0.1) is 5.92 Å². The van der Waals surface area contributed by atoms with E-state index >= 15 is 0 Å². The van der Waals surface area contributed by atoms with Crippen LogP contribution >= 0.6 is 0 Å². The Kier molecular flexibility index (Phi) is 4.57. The van der Waals surface area contributed by atoms with E-state index in [1.807, 2.05) is 24.3 Å². The lowest BCUT2D eigenvalue weighted by molar-refractivity contribution is -0.138. The van der Waals surface area contributed by atoms with E-state index in [0.29, 0.717) is 0 Å². The molecule has 0 spiro atoms. The predicted octanol–water partition coefficient (Wildman–Crippen LogP) is 0.803. The summed E-state index contributed by atoms with van der Waals surface area (Å²) in [4.78, 5) is 35.8. The fourth-order valence-electron chi connectivity index (χ4n) is 2.35. The fraction of sp³-hybridized carbons (Fsp3) is 0.400. The molecule has 1 saturated heterocycles. The summed E-state index contributed by atoms with van der Waals surface area (Å²) in [6, 6.07) is 7.66. The fourth-order valence-corrected chi connectivity index (χ4v) is 2.35. The Morgan fingerprint density at radius 2 is 2.00 bits per heavy atom. The van der Waals surface area contributed by atoms with E-state index in [2.05, 4.69) is 12.2 Å². The van der Waals surface area contributed by atoms with Crippen LogP contribution in [-0.2, 0) is 20.8 Å². The highest BCUT2D eigenvalue weighted by atomic mass is 16.4. The van der Waals surface area contributed by atoms with E-state index in [0.717, 1.165) is 12.1 Å². The molecule has 21 heavy (non-hydrogen) atoms. The van der Waals surface area contributed by atoms with Gasteiger partial charge in [0, 0.05) is 18.7 Å². The summed E-state index contributed by atoms with van der Waals surface area (Å²) in [7, 11) is 0. The number of aryl methyl sites for hydroxylation is 1. The number of hydrogen-bond donors (Lipinski definition) is 2. The third-order valence-corrected chi connectivity index (χ3v) is 3.57. The lowest BCUT2D eigenvalue weighted by atomic mass is 10.1. The number of anilines is 1. The van der Waals surface area contributed by atoms with Crippen molar-refractivity contribution in [1.29, 1.82) is 0 Å². The minimum Gasteiger partial charge on any atom is -0.480 e. The number of amides is 2. The van der Waals surface area contributed by atoms with Gasteiger partial charge in [-0.25, -0.2) is 0 Å². The van der Waals surface area contributed by atoms with Crippen molar-refractivity contribution in [2.45, 2.75) is 19.8 Å². The van der Waals surface area contributed by atoms with Crippen LogP contribution in [0.15, 0.2) is 24.3 Å². The standard InChI is InChI=1S/C15H18N2O4/c1-2-10-3-5-12(6-4-10)17-9-11(7-13(17)18)15(21)16-8-14(19)20/h3-6,11H,2,7-9H2,1H3,(H,16,21)(H,19,20)/t11-/m1/s1. The molecule has 1 aliphatic heterocycles. The molecule has 0 aliphatic carbocycles. The normalized spacial score (nSPS) is 17.9. The quantitative estimate of drug-likeness (QED) is 0.840. The van der Waals surface area contributed by atoms with Gasteiger partial charge in [0.25, 0.3) is 0 Å². The number of nitrogens with one attached hydrogen (secondary N) is 1. The Morgan fingerprint density at radius 1 is 1.33 bits per heavy atom. The highest BCUT2D eigenvalue weighted by Gasteiger charge is 2.35. The summed E-state index contributed by atoms with van der Waals surface area (Å²) < 4.78 is 0. The van der Waals surface area contributed by atoms with Gasteiger partial charge in [-0.3, -0.25) is 14.4 Å². The van der Waals surface area contributed by atoms with Crippen LogP contribution in [0.25, 0.3) is 0 Å². The van der Waals surface area contributed by atoms with E-state index in [9.17, 15) is 14.4 Å². The SMILES string of the molecule is CCc1ccc(N2C[C@H](C(=O)NCC(=O)O)CC2=O)cc1. The van der Waals surface area contributed by atoms with Crippen molar-refractivity contribution in [2.75, 3.05) is 18.0 Å². The topological polar surface area (TPSA) is 86.7 Å². The number of carboxylic acids is 1. The second kappa shape index (κ2) is 6.39. The highest BCUT2D eigenvalue weighted by molar-refractivity contribution is 6.00. The molecule has 1 heterocycles. The third kappa shape index (κ3) is 3.59. The van der Waals surface area contributed by atoms with E-state index < -0.39 is 24.3 Å². The first-order valence-electron chi connectivity index (χ1n) is 6.90. The smallest absolute Gasteiger partial charge is 0.322 e. The van der Waals surface area contributed by atoms with Crippen LogP contribution in [0.3, 0.4) is 0 Å². The Hall–Kier alpha value is -2.37. The Morgan fingerprint density at radius 3 is 2.57 bits per heavy atom. The van der Waals surface area contributed by atoms with Crippen LogP contribution in [0.1, 0.15) is 18.9 Å². The molecule has 2 rings (SSSR count). The van der Waals surface area contributed by atoms with Gasteiger partial charge in [-0.15, -0.1) is 0 Å². The maximum atomic E-state index is 12.0. The van der Waals surface area contributed by atoms with Crippen molar-refractivity contribution in [3.8, 4) is 0 Å². The molecule has 0 bridgehead atoms. The molecule has 1 aromatic carbocycles. The first-order valence-corrected chi connectivity index (χ1v) is 6.90. The van der Waals surface area contributed by atoms with Gasteiger partial charge in [0.2, 0.25) is 11.8 Å². The summed E-state index contributed by atoms with van der Waals surface area (Å²) in [5.74, 6) is -2.10. The summed E-state index contributed by atoms with van der Waals surface area (Å²) in [6.45, 7) is 1.92. The first-order chi connectivity index (χ1) is 10.0. The molecule has 1 atom stereocenters. The van der Waals surface area contributed by atoms with Gasteiger partial charge >= 0.3 is 5.97 Å². The average Bonchev–Trinajstić information content (AvgIpc) is 2.87. The van der Waals surface area contributed by atoms with Crippen LogP contribution < -0.4 is 10.2 Å². The molecule has 2 N–H and O–H groups in total.